The first-order valence-corrected chi connectivity index (χ1v) is 6.92. The van der Waals surface area contributed by atoms with Crippen LogP contribution in [0.5, 0.6) is 0 Å². The van der Waals surface area contributed by atoms with Gasteiger partial charge in [0.2, 0.25) is 0 Å². The van der Waals surface area contributed by atoms with Crippen LogP contribution < -0.4 is 5.73 Å². The number of aromatic nitrogens is 2. The Balaban J connectivity index is 1.82. The maximum atomic E-state index is 5.74. The van der Waals surface area contributed by atoms with E-state index in [0.717, 1.165) is 18.0 Å². The molecule has 96 valence electrons. The monoisotopic (exact) mass is 243 g/mol. The highest BCUT2D eigenvalue weighted by Crippen LogP contribution is 2.32. The number of aryl methyl sites for hydroxylation is 1. The van der Waals surface area contributed by atoms with Gasteiger partial charge in [-0.3, -0.25) is 4.68 Å². The van der Waals surface area contributed by atoms with E-state index in [2.05, 4.69) is 36.0 Å². The molecule has 1 aromatic carbocycles. The maximum Gasteiger partial charge on any atom is 0.0926 e. The van der Waals surface area contributed by atoms with Crippen molar-refractivity contribution in [2.24, 2.45) is 11.7 Å². The molecule has 3 rings (SSSR count). The molecule has 3 nitrogen and oxygen atoms in total. The molecule has 0 aliphatic heterocycles. The first-order valence-electron chi connectivity index (χ1n) is 6.92. The molecule has 1 aliphatic carbocycles. The van der Waals surface area contributed by atoms with Crippen LogP contribution in [-0.2, 0) is 0 Å². The Morgan fingerprint density at radius 1 is 1.28 bits per heavy atom. The molecule has 1 heterocycles. The topological polar surface area (TPSA) is 43.8 Å². The van der Waals surface area contributed by atoms with Gasteiger partial charge >= 0.3 is 0 Å². The highest BCUT2D eigenvalue weighted by molar-refractivity contribution is 5.78. The van der Waals surface area contributed by atoms with Gasteiger partial charge in [0.15, 0.2) is 0 Å². The number of hydrogen-bond acceptors (Lipinski definition) is 2. The fourth-order valence-corrected chi connectivity index (χ4v) is 2.98. The second-order valence-electron chi connectivity index (χ2n) is 5.58. The van der Waals surface area contributed by atoms with Gasteiger partial charge in [0, 0.05) is 11.6 Å². The van der Waals surface area contributed by atoms with E-state index in [9.17, 15) is 0 Å². The number of rotatable bonds is 2. The summed E-state index contributed by atoms with van der Waals surface area (Å²) in [6.07, 6.45) is 7.12. The smallest absolute Gasteiger partial charge is 0.0926 e. The number of nitrogens with two attached hydrogens (primary N) is 1. The summed E-state index contributed by atoms with van der Waals surface area (Å²) < 4.78 is 2.18. The molecule has 0 unspecified atom stereocenters. The minimum absolute atomic E-state index is 0.570. The van der Waals surface area contributed by atoms with Gasteiger partial charge in [0.05, 0.1) is 11.6 Å². The van der Waals surface area contributed by atoms with Gasteiger partial charge in [-0.2, -0.15) is 5.10 Å². The summed E-state index contributed by atoms with van der Waals surface area (Å²) in [5, 5.41) is 5.98. The largest absolute Gasteiger partial charge is 0.330 e. The Morgan fingerprint density at radius 3 is 2.78 bits per heavy atom. The van der Waals surface area contributed by atoms with E-state index < -0.39 is 0 Å². The predicted octanol–water partition coefficient (Wildman–Crippen LogP) is 3.03. The van der Waals surface area contributed by atoms with Crippen molar-refractivity contribution in [3.05, 3.63) is 30.0 Å². The molecule has 18 heavy (non-hydrogen) atoms. The quantitative estimate of drug-likeness (QED) is 0.881. The highest BCUT2D eigenvalue weighted by Gasteiger charge is 2.22. The molecule has 0 atom stereocenters. The van der Waals surface area contributed by atoms with Gasteiger partial charge < -0.3 is 5.73 Å². The van der Waals surface area contributed by atoms with Gasteiger partial charge in [-0.1, -0.05) is 12.1 Å². The first kappa shape index (κ1) is 11.7. The lowest BCUT2D eigenvalue weighted by molar-refractivity contribution is 0.266. The van der Waals surface area contributed by atoms with Crippen molar-refractivity contribution in [1.29, 1.82) is 0 Å². The zero-order valence-electron chi connectivity index (χ0n) is 11.0. The number of hydrogen-bond donors (Lipinski definition) is 1. The average Bonchev–Trinajstić information content (AvgIpc) is 2.81. The molecule has 0 spiro atoms. The van der Waals surface area contributed by atoms with Crippen LogP contribution in [0.4, 0.5) is 0 Å². The maximum absolute atomic E-state index is 5.74. The van der Waals surface area contributed by atoms with Gasteiger partial charge in [0.25, 0.3) is 0 Å². The van der Waals surface area contributed by atoms with Gasteiger partial charge in [-0.05, 0) is 56.7 Å². The molecule has 0 amide bonds. The van der Waals surface area contributed by atoms with E-state index >= 15 is 0 Å². The van der Waals surface area contributed by atoms with Crippen molar-refractivity contribution in [3.8, 4) is 0 Å². The molecular formula is C15H21N3. The number of fused-ring (bicyclic) bond motifs is 1. The lowest BCUT2D eigenvalue weighted by atomic mass is 9.86. The van der Waals surface area contributed by atoms with Crippen molar-refractivity contribution in [2.75, 3.05) is 6.54 Å². The minimum Gasteiger partial charge on any atom is -0.330 e. The van der Waals surface area contributed by atoms with Crippen molar-refractivity contribution in [1.82, 2.24) is 9.78 Å². The summed E-state index contributed by atoms with van der Waals surface area (Å²) in [6, 6.07) is 7.05. The molecule has 0 bridgehead atoms. The van der Waals surface area contributed by atoms with Crippen molar-refractivity contribution in [2.45, 2.75) is 38.6 Å². The molecule has 1 aliphatic rings. The summed E-state index contributed by atoms with van der Waals surface area (Å²) in [5.41, 5.74) is 8.14. The van der Waals surface area contributed by atoms with Crippen LogP contribution in [-0.4, -0.2) is 16.3 Å². The summed E-state index contributed by atoms with van der Waals surface area (Å²) in [6.45, 7) is 2.96. The lowest BCUT2D eigenvalue weighted by Gasteiger charge is -2.27. The minimum atomic E-state index is 0.570. The zero-order valence-corrected chi connectivity index (χ0v) is 11.0. The molecule has 0 saturated heterocycles. The number of nitrogens with zero attached hydrogens (tertiary/aromatic N) is 2. The van der Waals surface area contributed by atoms with Crippen LogP contribution in [0, 0.1) is 12.8 Å². The molecule has 1 saturated carbocycles. The summed E-state index contributed by atoms with van der Waals surface area (Å²) >= 11 is 0. The third-order valence-electron chi connectivity index (χ3n) is 4.20. The van der Waals surface area contributed by atoms with Crippen molar-refractivity contribution < 1.29 is 0 Å². The first-order chi connectivity index (χ1) is 8.76. The average molecular weight is 243 g/mol. The molecule has 1 aromatic heterocycles. The Kier molecular flexibility index (Phi) is 3.08. The standard InChI is InChI=1S/C15H21N3/c1-11-2-5-13-10-18(17-15(13)8-11)14-6-3-12(9-16)4-7-14/h2,5,8,10,12,14H,3-4,6-7,9,16H2,1H3. The number of benzene rings is 1. The van der Waals surface area contributed by atoms with Crippen LogP contribution in [0.15, 0.2) is 24.4 Å². The Morgan fingerprint density at radius 2 is 2.06 bits per heavy atom. The summed E-state index contributed by atoms with van der Waals surface area (Å²) in [7, 11) is 0. The third-order valence-corrected chi connectivity index (χ3v) is 4.20. The van der Waals surface area contributed by atoms with E-state index in [4.69, 9.17) is 10.8 Å². The van der Waals surface area contributed by atoms with Crippen molar-refractivity contribution >= 4 is 10.9 Å². The predicted molar refractivity (Wildman–Crippen MR) is 74.5 cm³/mol. The molecule has 1 fully saturated rings. The molecule has 2 aromatic rings. The molecule has 3 heteroatoms. The molecule has 0 radical (unpaired) electrons. The second-order valence-corrected chi connectivity index (χ2v) is 5.58. The second kappa shape index (κ2) is 4.73. The fourth-order valence-electron chi connectivity index (χ4n) is 2.98. The normalized spacial score (nSPS) is 24.6. The Labute approximate surface area is 108 Å². The van der Waals surface area contributed by atoms with E-state index in [0.29, 0.717) is 6.04 Å². The lowest BCUT2D eigenvalue weighted by Crippen LogP contribution is -2.23. The third kappa shape index (κ3) is 2.15. The van der Waals surface area contributed by atoms with Crippen LogP contribution in [0.1, 0.15) is 37.3 Å². The molecular weight excluding hydrogens is 222 g/mol. The Hall–Kier alpha value is -1.35. The van der Waals surface area contributed by atoms with E-state index in [1.807, 2.05) is 0 Å². The Bertz CT molecular complexity index is 536. The fraction of sp³-hybridized carbons (Fsp3) is 0.533. The zero-order chi connectivity index (χ0) is 12.5. The van der Waals surface area contributed by atoms with Crippen molar-refractivity contribution in [3.63, 3.8) is 0 Å². The van der Waals surface area contributed by atoms with E-state index in [1.165, 1.54) is 36.6 Å². The highest BCUT2D eigenvalue weighted by atomic mass is 15.3. The van der Waals surface area contributed by atoms with E-state index in [-0.39, 0.29) is 0 Å². The molecule has 2 N–H and O–H groups in total. The van der Waals surface area contributed by atoms with Crippen LogP contribution >= 0.6 is 0 Å². The van der Waals surface area contributed by atoms with Crippen LogP contribution in [0.25, 0.3) is 10.9 Å². The van der Waals surface area contributed by atoms with Gasteiger partial charge in [-0.25, -0.2) is 0 Å². The van der Waals surface area contributed by atoms with E-state index in [1.54, 1.807) is 0 Å². The van der Waals surface area contributed by atoms with Gasteiger partial charge in [-0.15, -0.1) is 0 Å². The SMILES string of the molecule is Cc1ccc2cn(C3CCC(CN)CC3)nc2c1. The summed E-state index contributed by atoms with van der Waals surface area (Å²) in [5.74, 6) is 0.730. The van der Waals surface area contributed by atoms with Gasteiger partial charge in [0.1, 0.15) is 0 Å². The van der Waals surface area contributed by atoms with Crippen LogP contribution in [0.3, 0.4) is 0 Å². The van der Waals surface area contributed by atoms with Crippen LogP contribution in [0.2, 0.25) is 0 Å². The summed E-state index contributed by atoms with van der Waals surface area (Å²) in [4.78, 5) is 0.